The van der Waals surface area contributed by atoms with Crippen molar-refractivity contribution in [1.29, 1.82) is 5.26 Å². The molecular weight excluding hydrogens is 219 g/mol. The van der Waals surface area contributed by atoms with Gasteiger partial charge in [0.15, 0.2) is 6.61 Å². The minimum atomic E-state index is -0.306. The molecule has 0 amide bonds. The monoisotopic (exact) mass is 236 g/mol. The first-order valence-corrected chi connectivity index (χ1v) is 5.45. The van der Waals surface area contributed by atoms with Crippen molar-refractivity contribution in [3.05, 3.63) is 29.6 Å². The van der Waals surface area contributed by atoms with Crippen LogP contribution < -0.4 is 10.1 Å². The van der Waals surface area contributed by atoms with E-state index in [2.05, 4.69) is 5.32 Å². The van der Waals surface area contributed by atoms with Gasteiger partial charge in [-0.05, 0) is 39.0 Å². The topological polar surface area (TPSA) is 45.0 Å². The molecule has 0 fully saturated rings. The minimum absolute atomic E-state index is 0.0336. The third-order valence-electron chi connectivity index (χ3n) is 2.12. The molecular formula is C13H17FN2O. The zero-order valence-electron chi connectivity index (χ0n) is 10.4. The van der Waals surface area contributed by atoms with Crippen LogP contribution in [0.1, 0.15) is 26.3 Å². The van der Waals surface area contributed by atoms with Crippen LogP contribution in [0.2, 0.25) is 0 Å². The molecule has 4 heteroatoms. The number of hydrogen-bond acceptors (Lipinski definition) is 3. The van der Waals surface area contributed by atoms with Gasteiger partial charge in [-0.2, -0.15) is 5.26 Å². The molecule has 3 nitrogen and oxygen atoms in total. The summed E-state index contributed by atoms with van der Waals surface area (Å²) >= 11 is 0. The lowest BCUT2D eigenvalue weighted by Crippen LogP contribution is -2.35. The molecule has 0 aromatic heterocycles. The molecule has 0 radical (unpaired) electrons. The van der Waals surface area contributed by atoms with Gasteiger partial charge in [-0.1, -0.05) is 0 Å². The van der Waals surface area contributed by atoms with E-state index < -0.39 is 0 Å². The summed E-state index contributed by atoms with van der Waals surface area (Å²) in [5.41, 5.74) is 0.661. The van der Waals surface area contributed by atoms with Crippen LogP contribution in [0.25, 0.3) is 0 Å². The van der Waals surface area contributed by atoms with Crippen molar-refractivity contribution in [2.75, 3.05) is 6.61 Å². The molecule has 92 valence electrons. The maximum Gasteiger partial charge on any atom is 0.174 e. The Kier molecular flexibility index (Phi) is 4.47. The number of nitrogens with zero attached hydrogens (tertiary/aromatic N) is 1. The van der Waals surface area contributed by atoms with Crippen LogP contribution >= 0.6 is 0 Å². The lowest BCUT2D eigenvalue weighted by atomic mass is 10.1. The second kappa shape index (κ2) is 5.65. The number of benzene rings is 1. The van der Waals surface area contributed by atoms with Gasteiger partial charge in [0.1, 0.15) is 17.6 Å². The summed E-state index contributed by atoms with van der Waals surface area (Å²) in [7, 11) is 0. The summed E-state index contributed by atoms with van der Waals surface area (Å²) in [5, 5.41) is 11.7. The highest BCUT2D eigenvalue weighted by atomic mass is 19.1. The van der Waals surface area contributed by atoms with E-state index in [1.165, 1.54) is 12.1 Å². The molecule has 0 aliphatic carbocycles. The minimum Gasteiger partial charge on any atom is -0.478 e. The van der Waals surface area contributed by atoms with Crippen molar-refractivity contribution in [3.8, 4) is 11.8 Å². The van der Waals surface area contributed by atoms with Crippen molar-refractivity contribution < 1.29 is 9.13 Å². The first-order chi connectivity index (χ1) is 7.92. The van der Waals surface area contributed by atoms with Crippen LogP contribution in [0.15, 0.2) is 18.2 Å². The molecule has 1 N–H and O–H groups in total. The highest BCUT2D eigenvalue weighted by molar-refractivity contribution is 5.34. The van der Waals surface area contributed by atoms with Gasteiger partial charge in [0.2, 0.25) is 0 Å². The smallest absolute Gasteiger partial charge is 0.174 e. The predicted octanol–water partition coefficient (Wildman–Crippen LogP) is 2.62. The van der Waals surface area contributed by atoms with Gasteiger partial charge in [-0.3, -0.25) is 0 Å². The van der Waals surface area contributed by atoms with E-state index >= 15 is 0 Å². The Bertz CT molecular complexity index is 418. The Morgan fingerprint density at radius 1 is 1.41 bits per heavy atom. The van der Waals surface area contributed by atoms with Crippen LogP contribution in [-0.2, 0) is 6.54 Å². The molecule has 0 spiro atoms. The Morgan fingerprint density at radius 3 is 2.71 bits per heavy atom. The van der Waals surface area contributed by atoms with Gasteiger partial charge in [0.05, 0.1) is 0 Å². The third kappa shape index (κ3) is 4.83. The van der Waals surface area contributed by atoms with E-state index in [0.717, 1.165) is 5.56 Å². The lowest BCUT2D eigenvalue weighted by molar-refractivity contribution is 0.356. The zero-order chi connectivity index (χ0) is 12.9. The maximum absolute atomic E-state index is 13.1. The zero-order valence-corrected chi connectivity index (χ0v) is 10.4. The van der Waals surface area contributed by atoms with Crippen molar-refractivity contribution in [1.82, 2.24) is 5.32 Å². The molecule has 0 bridgehead atoms. The molecule has 0 heterocycles. The molecule has 0 saturated heterocycles. The average Bonchev–Trinajstić information content (AvgIpc) is 2.24. The Labute approximate surface area is 101 Å². The first-order valence-electron chi connectivity index (χ1n) is 5.45. The number of rotatable bonds is 4. The van der Waals surface area contributed by atoms with E-state index in [1.54, 1.807) is 6.07 Å². The molecule has 1 aromatic carbocycles. The summed E-state index contributed by atoms with van der Waals surface area (Å²) in [4.78, 5) is 0. The molecule has 17 heavy (non-hydrogen) atoms. The Hall–Kier alpha value is -1.60. The largest absolute Gasteiger partial charge is 0.478 e. The van der Waals surface area contributed by atoms with Crippen molar-refractivity contribution >= 4 is 0 Å². The summed E-state index contributed by atoms with van der Waals surface area (Å²) in [5.74, 6) is 0.240. The summed E-state index contributed by atoms with van der Waals surface area (Å²) in [6.45, 7) is 6.56. The van der Waals surface area contributed by atoms with Gasteiger partial charge >= 0.3 is 0 Å². The Balaban J connectivity index is 2.80. The summed E-state index contributed by atoms with van der Waals surface area (Å²) in [6.07, 6.45) is 0. The van der Waals surface area contributed by atoms with E-state index in [1.807, 2.05) is 26.8 Å². The van der Waals surface area contributed by atoms with Gasteiger partial charge in [-0.25, -0.2) is 4.39 Å². The van der Waals surface area contributed by atoms with E-state index in [4.69, 9.17) is 10.00 Å². The normalized spacial score (nSPS) is 11.0. The summed E-state index contributed by atoms with van der Waals surface area (Å²) in [6, 6.07) is 6.19. The average molecular weight is 236 g/mol. The SMILES string of the molecule is CC(C)(C)NCc1cc(F)ccc1OCC#N. The van der Waals surface area contributed by atoms with Crippen molar-refractivity contribution in [2.24, 2.45) is 0 Å². The standard InChI is InChI=1S/C13H17FN2O/c1-13(2,3)16-9-10-8-11(14)4-5-12(10)17-7-6-15/h4-5,8,16H,7,9H2,1-3H3. The molecule has 0 saturated carbocycles. The number of nitriles is 1. The van der Waals surface area contributed by atoms with Gasteiger partial charge in [0, 0.05) is 17.6 Å². The molecule has 0 unspecified atom stereocenters. The molecule has 1 aromatic rings. The highest BCUT2D eigenvalue weighted by Crippen LogP contribution is 2.20. The van der Waals surface area contributed by atoms with Gasteiger partial charge < -0.3 is 10.1 Å². The second-order valence-electron chi connectivity index (χ2n) is 4.80. The molecule has 1 rings (SSSR count). The van der Waals surface area contributed by atoms with Gasteiger partial charge in [-0.15, -0.1) is 0 Å². The van der Waals surface area contributed by atoms with Crippen LogP contribution in [-0.4, -0.2) is 12.1 Å². The predicted molar refractivity (Wildman–Crippen MR) is 64.1 cm³/mol. The first kappa shape index (κ1) is 13.5. The highest BCUT2D eigenvalue weighted by Gasteiger charge is 2.11. The quantitative estimate of drug-likeness (QED) is 0.874. The fourth-order valence-corrected chi connectivity index (χ4v) is 1.30. The van der Waals surface area contributed by atoms with E-state index in [0.29, 0.717) is 12.3 Å². The fraction of sp³-hybridized carbons (Fsp3) is 0.462. The van der Waals surface area contributed by atoms with Crippen LogP contribution in [0.3, 0.4) is 0 Å². The van der Waals surface area contributed by atoms with Gasteiger partial charge in [0.25, 0.3) is 0 Å². The fourth-order valence-electron chi connectivity index (χ4n) is 1.30. The third-order valence-corrected chi connectivity index (χ3v) is 2.12. The Morgan fingerprint density at radius 2 is 2.12 bits per heavy atom. The lowest BCUT2D eigenvalue weighted by Gasteiger charge is -2.21. The second-order valence-corrected chi connectivity index (χ2v) is 4.80. The van der Waals surface area contributed by atoms with Crippen LogP contribution in [0, 0.1) is 17.1 Å². The number of nitrogens with one attached hydrogen (secondary N) is 1. The van der Waals surface area contributed by atoms with Crippen molar-refractivity contribution in [2.45, 2.75) is 32.9 Å². The van der Waals surface area contributed by atoms with E-state index in [-0.39, 0.29) is 18.0 Å². The number of halogens is 1. The van der Waals surface area contributed by atoms with Crippen LogP contribution in [0.5, 0.6) is 5.75 Å². The summed E-state index contributed by atoms with van der Waals surface area (Å²) < 4.78 is 18.4. The van der Waals surface area contributed by atoms with Crippen molar-refractivity contribution in [3.63, 3.8) is 0 Å². The number of ether oxygens (including phenoxy) is 1. The van der Waals surface area contributed by atoms with E-state index in [9.17, 15) is 4.39 Å². The molecule has 0 aliphatic heterocycles. The molecule has 0 aliphatic rings. The van der Waals surface area contributed by atoms with Crippen LogP contribution in [0.4, 0.5) is 4.39 Å². The molecule has 0 atom stereocenters. The maximum atomic E-state index is 13.1. The number of hydrogen-bond donors (Lipinski definition) is 1.